The summed E-state index contributed by atoms with van der Waals surface area (Å²) in [6, 6.07) is 7.25. The number of benzene rings is 2. The Balaban J connectivity index is 1.99. The van der Waals surface area contributed by atoms with Gasteiger partial charge in [0.15, 0.2) is 0 Å². The Bertz CT molecular complexity index is 916. The molecular weight excluding hydrogens is 316 g/mol. The van der Waals surface area contributed by atoms with Crippen LogP contribution in [0.1, 0.15) is 33.5 Å². The molecule has 128 valence electrons. The van der Waals surface area contributed by atoms with E-state index in [2.05, 4.69) is 11.4 Å². The molecule has 4 N–H and O–H groups in total. The summed E-state index contributed by atoms with van der Waals surface area (Å²) in [5.74, 6) is 0.0397. The molecule has 0 aromatic heterocycles. The molecule has 0 atom stereocenters. The number of amides is 1. The van der Waals surface area contributed by atoms with Gasteiger partial charge >= 0.3 is 0 Å². The van der Waals surface area contributed by atoms with Crippen molar-refractivity contribution in [1.29, 1.82) is 0 Å². The van der Waals surface area contributed by atoms with Crippen molar-refractivity contribution >= 4 is 17.2 Å². The number of fused-ring (bicyclic) bond motifs is 1. The number of nitrogens with one attached hydrogen (secondary N) is 1. The molecule has 0 bridgehead atoms. The van der Waals surface area contributed by atoms with Crippen molar-refractivity contribution in [1.82, 2.24) is 5.32 Å². The number of aromatic hydroxyl groups is 1. The van der Waals surface area contributed by atoms with Crippen molar-refractivity contribution in [2.24, 2.45) is 0 Å². The van der Waals surface area contributed by atoms with Crippen LogP contribution in [0.2, 0.25) is 0 Å². The van der Waals surface area contributed by atoms with E-state index in [1.807, 2.05) is 19.1 Å². The van der Waals surface area contributed by atoms with Gasteiger partial charge in [-0.3, -0.25) is 4.79 Å². The average Bonchev–Trinajstić information content (AvgIpc) is 3.01. The molecule has 0 unspecified atom stereocenters. The molecule has 4 rings (SSSR count). The fourth-order valence-corrected chi connectivity index (χ4v) is 3.62. The Kier molecular flexibility index (Phi) is 3.73. The van der Waals surface area contributed by atoms with Gasteiger partial charge in [-0.15, -0.1) is 0 Å². The molecule has 2 aliphatic heterocycles. The van der Waals surface area contributed by atoms with E-state index in [0.29, 0.717) is 31.0 Å². The van der Waals surface area contributed by atoms with E-state index < -0.39 is 0 Å². The Morgan fingerprint density at radius 2 is 2.04 bits per heavy atom. The smallest absolute Gasteiger partial charge is 0.254 e. The maximum atomic E-state index is 12.4. The summed E-state index contributed by atoms with van der Waals surface area (Å²) in [6.07, 6.45) is 2.88. The Hall–Kier alpha value is -2.79. The summed E-state index contributed by atoms with van der Waals surface area (Å²) in [7, 11) is 0. The topological polar surface area (TPSA) is 84.6 Å². The molecular formula is C20H20N2O3. The first-order valence-electron chi connectivity index (χ1n) is 8.37. The predicted molar refractivity (Wildman–Crippen MR) is 97.3 cm³/mol. The van der Waals surface area contributed by atoms with E-state index in [1.54, 1.807) is 12.1 Å². The van der Waals surface area contributed by atoms with E-state index in [0.717, 1.165) is 34.2 Å². The highest BCUT2D eigenvalue weighted by Crippen LogP contribution is 2.40. The second kappa shape index (κ2) is 5.93. The number of hydrogen-bond acceptors (Lipinski definition) is 4. The molecule has 0 aliphatic carbocycles. The van der Waals surface area contributed by atoms with Crippen LogP contribution in [0.3, 0.4) is 0 Å². The number of hydrogen-bond donors (Lipinski definition) is 3. The first-order valence-corrected chi connectivity index (χ1v) is 8.37. The highest BCUT2D eigenvalue weighted by Gasteiger charge is 2.29. The second-order valence-electron chi connectivity index (χ2n) is 6.48. The van der Waals surface area contributed by atoms with Gasteiger partial charge in [-0.25, -0.2) is 0 Å². The maximum Gasteiger partial charge on any atom is 0.254 e. The molecule has 0 saturated carbocycles. The lowest BCUT2D eigenvalue weighted by Crippen LogP contribution is -2.14. The summed E-state index contributed by atoms with van der Waals surface area (Å²) in [5, 5.41) is 12.8. The summed E-state index contributed by atoms with van der Waals surface area (Å²) in [6.45, 7) is 3.71. The van der Waals surface area contributed by atoms with E-state index in [4.69, 9.17) is 10.5 Å². The molecule has 2 aromatic rings. The Labute approximate surface area is 146 Å². The lowest BCUT2D eigenvalue weighted by Gasteiger charge is -2.20. The van der Waals surface area contributed by atoms with Gasteiger partial charge in [0.2, 0.25) is 0 Å². The van der Waals surface area contributed by atoms with Crippen LogP contribution in [0.4, 0.5) is 5.69 Å². The summed E-state index contributed by atoms with van der Waals surface area (Å²) in [4.78, 5) is 12.4. The van der Waals surface area contributed by atoms with Gasteiger partial charge < -0.3 is 20.9 Å². The lowest BCUT2D eigenvalue weighted by atomic mass is 9.87. The summed E-state index contributed by atoms with van der Waals surface area (Å²) >= 11 is 0. The number of phenolic OH excluding ortho intramolecular Hbond substituents is 1. The van der Waals surface area contributed by atoms with E-state index >= 15 is 0 Å². The van der Waals surface area contributed by atoms with E-state index in [1.165, 1.54) is 5.57 Å². The van der Waals surface area contributed by atoms with Gasteiger partial charge in [0, 0.05) is 12.1 Å². The number of anilines is 1. The molecule has 25 heavy (non-hydrogen) atoms. The zero-order valence-electron chi connectivity index (χ0n) is 14.1. The average molecular weight is 336 g/mol. The standard InChI is InChI=1S/C20H20N2O3/c1-11-2-3-13(23)8-14(11)16-9-15(12-4-6-25-7-5-12)17-10-22-20(24)18(17)19(16)21/h2-4,8-9,23H,5-7,10,21H2,1H3,(H,22,24). The lowest BCUT2D eigenvalue weighted by molar-refractivity contribution is 0.0966. The van der Waals surface area contributed by atoms with Gasteiger partial charge in [0.1, 0.15) is 5.75 Å². The zero-order valence-corrected chi connectivity index (χ0v) is 14.1. The third-order valence-electron chi connectivity index (χ3n) is 4.95. The molecule has 0 saturated heterocycles. The quantitative estimate of drug-likeness (QED) is 0.736. The van der Waals surface area contributed by atoms with Crippen LogP contribution in [0.5, 0.6) is 5.75 Å². The van der Waals surface area contributed by atoms with Gasteiger partial charge in [0.05, 0.1) is 24.5 Å². The molecule has 0 fully saturated rings. The first-order chi connectivity index (χ1) is 12.1. The minimum atomic E-state index is -0.138. The Morgan fingerprint density at radius 3 is 2.80 bits per heavy atom. The predicted octanol–water partition coefficient (Wildman–Crippen LogP) is 3.00. The fraction of sp³-hybridized carbons (Fsp3) is 0.250. The molecule has 2 heterocycles. The summed E-state index contributed by atoms with van der Waals surface area (Å²) in [5.41, 5.74) is 13.2. The number of rotatable bonds is 2. The number of nitrogens with two attached hydrogens (primary N) is 1. The van der Waals surface area contributed by atoms with Crippen LogP contribution in [0.25, 0.3) is 16.7 Å². The zero-order chi connectivity index (χ0) is 17.6. The molecule has 0 spiro atoms. The van der Waals surface area contributed by atoms with Crippen molar-refractivity contribution in [3.8, 4) is 16.9 Å². The molecule has 5 heteroatoms. The maximum absolute atomic E-state index is 12.4. The Morgan fingerprint density at radius 1 is 1.20 bits per heavy atom. The number of ether oxygens (including phenoxy) is 1. The molecule has 5 nitrogen and oxygen atoms in total. The molecule has 2 aromatic carbocycles. The van der Waals surface area contributed by atoms with Crippen LogP contribution in [0, 0.1) is 6.92 Å². The number of phenols is 1. The van der Waals surface area contributed by atoms with Gasteiger partial charge in [-0.2, -0.15) is 0 Å². The van der Waals surface area contributed by atoms with Crippen LogP contribution in [-0.2, 0) is 11.3 Å². The normalized spacial score (nSPS) is 16.4. The van der Waals surface area contributed by atoms with Crippen LogP contribution >= 0.6 is 0 Å². The van der Waals surface area contributed by atoms with Crippen molar-refractivity contribution < 1.29 is 14.6 Å². The van der Waals surface area contributed by atoms with Crippen molar-refractivity contribution in [3.05, 3.63) is 52.6 Å². The largest absolute Gasteiger partial charge is 0.508 e. The number of aryl methyl sites for hydroxylation is 1. The van der Waals surface area contributed by atoms with E-state index in [9.17, 15) is 9.90 Å². The van der Waals surface area contributed by atoms with Gasteiger partial charge in [0.25, 0.3) is 5.91 Å². The van der Waals surface area contributed by atoms with Crippen molar-refractivity contribution in [2.75, 3.05) is 18.9 Å². The minimum absolute atomic E-state index is 0.138. The highest BCUT2D eigenvalue weighted by atomic mass is 16.5. The summed E-state index contributed by atoms with van der Waals surface area (Å²) < 4.78 is 5.42. The SMILES string of the molecule is Cc1ccc(O)cc1-c1cc(C2=CCOCC2)c2c(c1N)C(=O)NC2. The monoisotopic (exact) mass is 336 g/mol. The third-order valence-corrected chi connectivity index (χ3v) is 4.95. The van der Waals surface area contributed by atoms with E-state index in [-0.39, 0.29) is 11.7 Å². The molecule has 2 aliphatic rings. The van der Waals surface area contributed by atoms with Crippen molar-refractivity contribution in [2.45, 2.75) is 19.9 Å². The number of carbonyl (C=O) groups excluding carboxylic acids is 1. The van der Waals surface area contributed by atoms with Crippen molar-refractivity contribution in [3.63, 3.8) is 0 Å². The van der Waals surface area contributed by atoms with Crippen LogP contribution in [-0.4, -0.2) is 24.2 Å². The molecule has 0 radical (unpaired) electrons. The van der Waals surface area contributed by atoms with Crippen LogP contribution in [0.15, 0.2) is 30.3 Å². The second-order valence-corrected chi connectivity index (χ2v) is 6.48. The number of carbonyl (C=O) groups is 1. The minimum Gasteiger partial charge on any atom is -0.508 e. The number of nitrogen functional groups attached to an aromatic ring is 1. The first kappa shape index (κ1) is 15.7. The van der Waals surface area contributed by atoms with Gasteiger partial charge in [-0.1, -0.05) is 12.1 Å². The van der Waals surface area contributed by atoms with Gasteiger partial charge in [-0.05, 0) is 59.4 Å². The van der Waals surface area contributed by atoms with Crippen LogP contribution < -0.4 is 11.1 Å². The fourth-order valence-electron chi connectivity index (χ4n) is 3.62. The highest BCUT2D eigenvalue weighted by molar-refractivity contribution is 6.08. The third kappa shape index (κ3) is 2.57. The molecule has 1 amide bonds.